The van der Waals surface area contributed by atoms with Crippen LogP contribution in [0.4, 0.5) is 5.82 Å². The molecular weight excluding hydrogens is 386 g/mol. The van der Waals surface area contributed by atoms with Gasteiger partial charge in [-0.1, -0.05) is 30.3 Å². The Bertz CT molecular complexity index is 892. The second-order valence-electron chi connectivity index (χ2n) is 9.11. The molecule has 2 aromatic rings. The Kier molecular flexibility index (Phi) is 6.86. The molecule has 0 unspecified atom stereocenters. The number of aryl methyl sites for hydroxylation is 1. The van der Waals surface area contributed by atoms with E-state index in [0.717, 1.165) is 81.2 Å². The number of hydrogen-bond acceptors (Lipinski definition) is 5. The first-order chi connectivity index (χ1) is 15.0. The molecule has 0 aliphatic carbocycles. The van der Waals surface area contributed by atoms with E-state index < -0.39 is 0 Å². The van der Waals surface area contributed by atoms with Crippen molar-refractivity contribution in [2.24, 2.45) is 0 Å². The van der Waals surface area contributed by atoms with Crippen LogP contribution in [0.2, 0.25) is 0 Å². The highest BCUT2D eigenvalue weighted by Gasteiger charge is 2.28. The topological polar surface area (TPSA) is 52.6 Å². The fourth-order valence-electron chi connectivity index (χ4n) is 4.72. The molecule has 166 valence electrons. The van der Waals surface area contributed by atoms with Crippen molar-refractivity contribution < 1.29 is 4.79 Å². The number of piperidine rings is 1. The van der Waals surface area contributed by atoms with Gasteiger partial charge in [-0.2, -0.15) is 0 Å². The van der Waals surface area contributed by atoms with Gasteiger partial charge in [0.25, 0.3) is 0 Å². The molecule has 2 aliphatic heterocycles. The maximum Gasteiger partial charge on any atom is 0.219 e. The van der Waals surface area contributed by atoms with Crippen LogP contribution in [0.25, 0.3) is 0 Å². The molecule has 0 N–H and O–H groups in total. The molecule has 1 aromatic heterocycles. The lowest BCUT2D eigenvalue weighted by Crippen LogP contribution is -2.37. The van der Waals surface area contributed by atoms with Gasteiger partial charge >= 0.3 is 0 Å². The number of hydrogen-bond donors (Lipinski definition) is 0. The molecule has 1 saturated heterocycles. The summed E-state index contributed by atoms with van der Waals surface area (Å²) in [5, 5.41) is 0. The average molecular weight is 422 g/mol. The van der Waals surface area contributed by atoms with Gasteiger partial charge in [0.05, 0.1) is 12.2 Å². The Balaban J connectivity index is 1.55. The van der Waals surface area contributed by atoms with Gasteiger partial charge in [0.2, 0.25) is 5.91 Å². The monoisotopic (exact) mass is 421 g/mol. The number of aromatic nitrogens is 2. The summed E-state index contributed by atoms with van der Waals surface area (Å²) in [6, 6.07) is 10.6. The number of rotatable bonds is 6. The summed E-state index contributed by atoms with van der Waals surface area (Å²) in [7, 11) is 4.32. The van der Waals surface area contributed by atoms with Crippen molar-refractivity contribution >= 4 is 11.7 Å². The van der Waals surface area contributed by atoms with E-state index in [1.54, 1.807) is 6.92 Å². The molecule has 1 amide bonds. The van der Waals surface area contributed by atoms with E-state index in [1.807, 2.05) is 4.90 Å². The van der Waals surface area contributed by atoms with Crippen LogP contribution in [0, 0.1) is 0 Å². The summed E-state index contributed by atoms with van der Waals surface area (Å²) in [6.07, 6.45) is 5.18. The number of carbonyl (C=O) groups excluding carboxylic acids is 1. The highest BCUT2D eigenvalue weighted by molar-refractivity contribution is 5.74. The van der Waals surface area contributed by atoms with Crippen molar-refractivity contribution in [3.8, 4) is 0 Å². The molecule has 0 saturated carbocycles. The number of fused-ring (bicyclic) bond motifs is 1. The number of nitrogens with zero attached hydrogens (tertiary/aromatic N) is 5. The Morgan fingerprint density at radius 1 is 1.13 bits per heavy atom. The van der Waals surface area contributed by atoms with Gasteiger partial charge in [0.15, 0.2) is 0 Å². The Labute approximate surface area is 186 Å². The van der Waals surface area contributed by atoms with Crippen LogP contribution in [0.1, 0.15) is 54.7 Å². The molecule has 2 aliphatic rings. The zero-order chi connectivity index (χ0) is 21.8. The highest BCUT2D eigenvalue weighted by Crippen LogP contribution is 2.31. The zero-order valence-electron chi connectivity index (χ0n) is 19.2. The van der Waals surface area contributed by atoms with E-state index in [9.17, 15) is 4.79 Å². The van der Waals surface area contributed by atoms with Crippen LogP contribution >= 0.6 is 0 Å². The van der Waals surface area contributed by atoms with Crippen LogP contribution < -0.4 is 4.90 Å². The van der Waals surface area contributed by atoms with E-state index in [2.05, 4.69) is 54.2 Å². The summed E-state index contributed by atoms with van der Waals surface area (Å²) >= 11 is 0. The number of carbonyl (C=O) groups is 1. The SMILES string of the molecule is CC(=O)N1CCc2nc(C3CCN(C)CC3)nc(N(C)CCCc3ccccc3)c2C1. The molecule has 3 heterocycles. The third kappa shape index (κ3) is 5.24. The van der Waals surface area contributed by atoms with Crippen molar-refractivity contribution in [2.75, 3.05) is 45.2 Å². The summed E-state index contributed by atoms with van der Waals surface area (Å²) in [4.78, 5) is 28.8. The van der Waals surface area contributed by atoms with Crippen molar-refractivity contribution in [2.45, 2.75) is 51.5 Å². The molecule has 0 spiro atoms. The lowest BCUT2D eigenvalue weighted by molar-refractivity contribution is -0.129. The summed E-state index contributed by atoms with van der Waals surface area (Å²) in [5.41, 5.74) is 3.65. The predicted octanol–water partition coefficient (Wildman–Crippen LogP) is 3.26. The maximum atomic E-state index is 12.0. The Hall–Kier alpha value is -2.47. The van der Waals surface area contributed by atoms with Crippen LogP contribution in [0.15, 0.2) is 30.3 Å². The fraction of sp³-hybridized carbons (Fsp3) is 0.560. The number of amides is 1. The zero-order valence-corrected chi connectivity index (χ0v) is 19.2. The van der Waals surface area contributed by atoms with Crippen molar-refractivity contribution in [1.29, 1.82) is 0 Å². The second-order valence-corrected chi connectivity index (χ2v) is 9.11. The van der Waals surface area contributed by atoms with E-state index in [1.165, 1.54) is 5.56 Å². The smallest absolute Gasteiger partial charge is 0.219 e. The normalized spacial score (nSPS) is 17.5. The van der Waals surface area contributed by atoms with E-state index in [0.29, 0.717) is 12.5 Å². The molecule has 0 radical (unpaired) electrons. The van der Waals surface area contributed by atoms with Gasteiger partial charge in [0, 0.05) is 45.0 Å². The molecule has 4 rings (SSSR count). The van der Waals surface area contributed by atoms with Gasteiger partial charge in [-0.25, -0.2) is 9.97 Å². The standard InChI is InChI=1S/C25H35N5O/c1-19(31)30-17-13-23-22(18-30)25(27-24(26-23)21-11-15-28(2)16-12-21)29(3)14-7-10-20-8-5-4-6-9-20/h4-6,8-9,21H,7,10-18H2,1-3H3. The summed E-state index contributed by atoms with van der Waals surface area (Å²) < 4.78 is 0. The number of anilines is 1. The van der Waals surface area contributed by atoms with Crippen molar-refractivity contribution in [3.05, 3.63) is 53.0 Å². The van der Waals surface area contributed by atoms with Crippen LogP contribution in [0.5, 0.6) is 0 Å². The molecule has 6 nitrogen and oxygen atoms in total. The number of benzene rings is 1. The van der Waals surface area contributed by atoms with Crippen LogP contribution in [-0.4, -0.2) is 65.9 Å². The first-order valence-electron chi connectivity index (χ1n) is 11.6. The molecule has 6 heteroatoms. The van der Waals surface area contributed by atoms with E-state index in [4.69, 9.17) is 9.97 Å². The minimum Gasteiger partial charge on any atom is -0.359 e. The molecule has 0 atom stereocenters. The molecular formula is C25H35N5O. The lowest BCUT2D eigenvalue weighted by atomic mass is 9.95. The summed E-state index contributed by atoms with van der Waals surface area (Å²) in [6.45, 7) is 6.17. The van der Waals surface area contributed by atoms with Gasteiger partial charge < -0.3 is 14.7 Å². The Morgan fingerprint density at radius 3 is 2.58 bits per heavy atom. The van der Waals surface area contributed by atoms with E-state index in [-0.39, 0.29) is 5.91 Å². The lowest BCUT2D eigenvalue weighted by Gasteiger charge is -2.33. The Morgan fingerprint density at radius 2 is 1.87 bits per heavy atom. The summed E-state index contributed by atoms with van der Waals surface area (Å²) in [5.74, 6) is 2.59. The van der Waals surface area contributed by atoms with Crippen LogP contribution in [-0.2, 0) is 24.2 Å². The first-order valence-corrected chi connectivity index (χ1v) is 11.6. The molecule has 31 heavy (non-hydrogen) atoms. The van der Waals surface area contributed by atoms with Crippen molar-refractivity contribution in [3.63, 3.8) is 0 Å². The fourth-order valence-corrected chi connectivity index (χ4v) is 4.72. The molecule has 1 fully saturated rings. The largest absolute Gasteiger partial charge is 0.359 e. The van der Waals surface area contributed by atoms with Gasteiger partial charge in [-0.05, 0) is 51.4 Å². The predicted molar refractivity (Wildman–Crippen MR) is 124 cm³/mol. The minimum atomic E-state index is 0.128. The number of likely N-dealkylation sites (tertiary alicyclic amines) is 1. The van der Waals surface area contributed by atoms with Gasteiger partial charge in [-0.15, -0.1) is 0 Å². The second kappa shape index (κ2) is 9.77. The third-order valence-electron chi connectivity index (χ3n) is 6.75. The molecule has 1 aromatic carbocycles. The van der Waals surface area contributed by atoms with Gasteiger partial charge in [0.1, 0.15) is 11.6 Å². The highest BCUT2D eigenvalue weighted by atomic mass is 16.2. The first kappa shape index (κ1) is 21.8. The minimum absolute atomic E-state index is 0.128. The van der Waals surface area contributed by atoms with Gasteiger partial charge in [-0.3, -0.25) is 4.79 Å². The van der Waals surface area contributed by atoms with Crippen molar-refractivity contribution in [1.82, 2.24) is 19.8 Å². The quantitative estimate of drug-likeness (QED) is 0.717. The average Bonchev–Trinajstić information content (AvgIpc) is 2.79. The molecule has 0 bridgehead atoms. The van der Waals surface area contributed by atoms with E-state index >= 15 is 0 Å². The maximum absolute atomic E-state index is 12.0. The third-order valence-corrected chi connectivity index (χ3v) is 6.75. The van der Waals surface area contributed by atoms with Crippen LogP contribution in [0.3, 0.4) is 0 Å².